The lowest BCUT2D eigenvalue weighted by Gasteiger charge is -2.30. The summed E-state index contributed by atoms with van der Waals surface area (Å²) in [6.45, 7) is 8.05. The molecule has 3 heteroatoms. The third kappa shape index (κ3) is 3.70. The van der Waals surface area contributed by atoms with Crippen LogP contribution in [0.5, 0.6) is 0 Å². The molecule has 1 unspecified atom stereocenters. The summed E-state index contributed by atoms with van der Waals surface area (Å²) in [5.41, 5.74) is 0.691. The lowest BCUT2D eigenvalue weighted by atomic mass is 10.0. The third-order valence-corrected chi connectivity index (χ3v) is 3.17. The zero-order valence-corrected chi connectivity index (χ0v) is 11.2. The Labute approximate surface area is 104 Å². The summed E-state index contributed by atoms with van der Waals surface area (Å²) in [7, 11) is 1.96. The maximum absolute atomic E-state index is 13.7. The fourth-order valence-corrected chi connectivity index (χ4v) is 1.98. The summed E-state index contributed by atoms with van der Waals surface area (Å²) in [6, 6.07) is 7.33. The second-order valence-corrected chi connectivity index (χ2v) is 4.63. The van der Waals surface area contributed by atoms with Gasteiger partial charge in [-0.1, -0.05) is 26.0 Å². The average Bonchev–Trinajstić information content (AvgIpc) is 2.31. The van der Waals surface area contributed by atoms with Crippen molar-refractivity contribution in [3.05, 3.63) is 30.1 Å². The predicted molar refractivity (Wildman–Crippen MR) is 72.0 cm³/mol. The maximum atomic E-state index is 13.7. The second kappa shape index (κ2) is 6.60. The van der Waals surface area contributed by atoms with Crippen LogP contribution in [0.2, 0.25) is 0 Å². The molecule has 1 rings (SSSR count). The lowest BCUT2D eigenvalue weighted by molar-refractivity contribution is 0.423. The van der Waals surface area contributed by atoms with Crippen LogP contribution in [0.1, 0.15) is 20.8 Å². The van der Waals surface area contributed by atoms with Crippen LogP contribution in [-0.4, -0.2) is 26.2 Å². The molecular formula is C14H23FN2. The van der Waals surface area contributed by atoms with Gasteiger partial charge >= 0.3 is 0 Å². The van der Waals surface area contributed by atoms with Gasteiger partial charge in [-0.05, 0) is 32.0 Å². The van der Waals surface area contributed by atoms with Crippen LogP contribution in [0.4, 0.5) is 10.1 Å². The molecule has 0 fully saturated rings. The van der Waals surface area contributed by atoms with Crippen molar-refractivity contribution in [2.24, 2.45) is 5.92 Å². The van der Waals surface area contributed by atoms with Gasteiger partial charge in [0.25, 0.3) is 0 Å². The van der Waals surface area contributed by atoms with E-state index in [0.29, 0.717) is 17.6 Å². The fraction of sp³-hybridized carbons (Fsp3) is 0.571. The molecule has 0 radical (unpaired) electrons. The van der Waals surface area contributed by atoms with Crippen molar-refractivity contribution < 1.29 is 4.39 Å². The number of halogens is 1. The standard InChI is InChI=1S/C14H23FN2/c1-5-17(10-13(16-4)11(2)3)14-9-7-6-8-12(14)15/h6-9,11,13,16H,5,10H2,1-4H3. The molecule has 0 aliphatic rings. The van der Waals surface area contributed by atoms with E-state index in [1.807, 2.05) is 19.2 Å². The Hall–Kier alpha value is -1.09. The Balaban J connectivity index is 2.82. The summed E-state index contributed by atoms with van der Waals surface area (Å²) in [4.78, 5) is 2.08. The summed E-state index contributed by atoms with van der Waals surface area (Å²) >= 11 is 0. The molecular weight excluding hydrogens is 215 g/mol. The third-order valence-electron chi connectivity index (χ3n) is 3.17. The largest absolute Gasteiger partial charge is 0.368 e. The van der Waals surface area contributed by atoms with E-state index in [0.717, 1.165) is 13.1 Å². The van der Waals surface area contributed by atoms with Gasteiger partial charge < -0.3 is 10.2 Å². The number of rotatable bonds is 6. The number of likely N-dealkylation sites (N-methyl/N-ethyl adjacent to an activating group) is 2. The molecule has 2 nitrogen and oxygen atoms in total. The van der Waals surface area contributed by atoms with Crippen LogP contribution in [0.15, 0.2) is 24.3 Å². The molecule has 1 aromatic carbocycles. The first-order valence-corrected chi connectivity index (χ1v) is 6.26. The van der Waals surface area contributed by atoms with Crippen molar-refractivity contribution in [1.29, 1.82) is 0 Å². The van der Waals surface area contributed by atoms with Crippen LogP contribution < -0.4 is 10.2 Å². The van der Waals surface area contributed by atoms with Crippen LogP contribution in [0.25, 0.3) is 0 Å². The van der Waals surface area contributed by atoms with Gasteiger partial charge in [-0.25, -0.2) is 4.39 Å². The van der Waals surface area contributed by atoms with Crippen molar-refractivity contribution in [2.45, 2.75) is 26.8 Å². The zero-order chi connectivity index (χ0) is 12.8. The minimum atomic E-state index is -0.145. The maximum Gasteiger partial charge on any atom is 0.146 e. The Morgan fingerprint density at radius 3 is 2.41 bits per heavy atom. The number of para-hydroxylation sites is 1. The first-order chi connectivity index (χ1) is 8.10. The minimum absolute atomic E-state index is 0.145. The SMILES string of the molecule is CCN(CC(NC)C(C)C)c1ccccc1F. The van der Waals surface area contributed by atoms with Gasteiger partial charge in [0, 0.05) is 19.1 Å². The Bertz CT molecular complexity index is 339. The van der Waals surface area contributed by atoms with Gasteiger partial charge in [0.2, 0.25) is 0 Å². The highest BCUT2D eigenvalue weighted by Crippen LogP contribution is 2.19. The van der Waals surface area contributed by atoms with E-state index >= 15 is 0 Å². The van der Waals surface area contributed by atoms with Gasteiger partial charge in [-0.2, -0.15) is 0 Å². The van der Waals surface area contributed by atoms with Crippen molar-refractivity contribution >= 4 is 5.69 Å². The molecule has 1 aromatic rings. The molecule has 0 aromatic heterocycles. The molecule has 0 amide bonds. The Morgan fingerprint density at radius 2 is 1.94 bits per heavy atom. The molecule has 1 N–H and O–H groups in total. The first-order valence-electron chi connectivity index (χ1n) is 6.26. The van der Waals surface area contributed by atoms with E-state index in [4.69, 9.17) is 0 Å². The van der Waals surface area contributed by atoms with Crippen molar-refractivity contribution in [3.8, 4) is 0 Å². The first kappa shape index (κ1) is 14.0. The summed E-state index contributed by atoms with van der Waals surface area (Å²) in [6.07, 6.45) is 0. The lowest BCUT2D eigenvalue weighted by Crippen LogP contribution is -2.43. The monoisotopic (exact) mass is 238 g/mol. The van der Waals surface area contributed by atoms with Gasteiger partial charge in [-0.15, -0.1) is 0 Å². The van der Waals surface area contributed by atoms with E-state index in [9.17, 15) is 4.39 Å². The predicted octanol–water partition coefficient (Wildman–Crippen LogP) is 2.90. The van der Waals surface area contributed by atoms with Crippen LogP contribution in [0, 0.1) is 11.7 Å². The van der Waals surface area contributed by atoms with Crippen molar-refractivity contribution in [1.82, 2.24) is 5.32 Å². The molecule has 17 heavy (non-hydrogen) atoms. The number of benzene rings is 1. The van der Waals surface area contributed by atoms with E-state index in [1.165, 1.54) is 6.07 Å². The Morgan fingerprint density at radius 1 is 1.29 bits per heavy atom. The summed E-state index contributed by atoms with van der Waals surface area (Å²) in [5.74, 6) is 0.383. The van der Waals surface area contributed by atoms with Crippen molar-refractivity contribution in [2.75, 3.05) is 25.0 Å². The van der Waals surface area contributed by atoms with E-state index in [1.54, 1.807) is 6.07 Å². The number of anilines is 1. The molecule has 0 saturated heterocycles. The summed E-state index contributed by atoms with van der Waals surface area (Å²) < 4.78 is 13.7. The van der Waals surface area contributed by atoms with Crippen LogP contribution in [0.3, 0.4) is 0 Å². The number of hydrogen-bond acceptors (Lipinski definition) is 2. The molecule has 0 bridgehead atoms. The van der Waals surface area contributed by atoms with Gasteiger partial charge in [0.1, 0.15) is 5.82 Å². The number of nitrogens with zero attached hydrogens (tertiary/aromatic N) is 1. The van der Waals surface area contributed by atoms with Gasteiger partial charge in [-0.3, -0.25) is 0 Å². The normalized spacial score (nSPS) is 12.8. The smallest absolute Gasteiger partial charge is 0.146 e. The molecule has 0 aliphatic carbocycles. The van der Waals surface area contributed by atoms with E-state index in [2.05, 4.69) is 31.0 Å². The number of nitrogens with one attached hydrogen (secondary N) is 1. The second-order valence-electron chi connectivity index (χ2n) is 4.63. The van der Waals surface area contributed by atoms with E-state index < -0.39 is 0 Å². The highest BCUT2D eigenvalue weighted by molar-refractivity contribution is 5.47. The molecule has 0 saturated carbocycles. The zero-order valence-electron chi connectivity index (χ0n) is 11.2. The number of hydrogen-bond donors (Lipinski definition) is 1. The molecule has 0 spiro atoms. The van der Waals surface area contributed by atoms with Crippen LogP contribution >= 0.6 is 0 Å². The molecule has 0 heterocycles. The quantitative estimate of drug-likeness (QED) is 0.820. The highest BCUT2D eigenvalue weighted by Gasteiger charge is 2.17. The van der Waals surface area contributed by atoms with Crippen molar-refractivity contribution in [3.63, 3.8) is 0 Å². The fourth-order valence-electron chi connectivity index (χ4n) is 1.98. The van der Waals surface area contributed by atoms with Gasteiger partial charge in [0.15, 0.2) is 0 Å². The minimum Gasteiger partial charge on any atom is -0.368 e. The summed E-state index contributed by atoms with van der Waals surface area (Å²) in [5, 5.41) is 3.29. The molecule has 96 valence electrons. The average molecular weight is 238 g/mol. The topological polar surface area (TPSA) is 15.3 Å². The highest BCUT2D eigenvalue weighted by atomic mass is 19.1. The van der Waals surface area contributed by atoms with Gasteiger partial charge in [0.05, 0.1) is 5.69 Å². The van der Waals surface area contributed by atoms with Crippen LogP contribution in [-0.2, 0) is 0 Å². The molecule has 1 atom stereocenters. The van der Waals surface area contributed by atoms with E-state index in [-0.39, 0.29) is 5.82 Å². The molecule has 0 aliphatic heterocycles. The Kier molecular flexibility index (Phi) is 5.42.